The van der Waals surface area contributed by atoms with E-state index in [4.69, 9.17) is 4.42 Å². The molecule has 2 aromatic heterocycles. The molecule has 4 aromatic rings. The van der Waals surface area contributed by atoms with E-state index < -0.39 is 0 Å². The summed E-state index contributed by atoms with van der Waals surface area (Å²) in [7, 11) is 0. The normalized spacial score (nSPS) is 11.0. The molecule has 0 bridgehead atoms. The van der Waals surface area contributed by atoms with Crippen LogP contribution < -0.4 is 5.32 Å². The van der Waals surface area contributed by atoms with Crippen LogP contribution in [-0.2, 0) is 13.0 Å². The zero-order chi connectivity index (χ0) is 17.9. The summed E-state index contributed by atoms with van der Waals surface area (Å²) in [5.41, 5.74) is 4.08. The number of fused-ring (bicyclic) bond motifs is 1. The van der Waals surface area contributed by atoms with E-state index in [1.165, 1.54) is 23.5 Å². The summed E-state index contributed by atoms with van der Waals surface area (Å²) in [5, 5.41) is 2.85. The molecule has 0 radical (unpaired) electrons. The molecule has 0 fully saturated rings. The van der Waals surface area contributed by atoms with Crippen molar-refractivity contribution in [1.82, 2.24) is 10.3 Å². The molecular weight excluding hydrogens is 351 g/mol. The van der Waals surface area contributed by atoms with Crippen LogP contribution in [0.4, 0.5) is 4.39 Å². The van der Waals surface area contributed by atoms with Crippen molar-refractivity contribution in [3.63, 3.8) is 0 Å². The van der Waals surface area contributed by atoms with Gasteiger partial charge in [0, 0.05) is 12.0 Å². The van der Waals surface area contributed by atoms with Crippen LogP contribution in [0.5, 0.6) is 0 Å². The quantitative estimate of drug-likeness (QED) is 0.564. The van der Waals surface area contributed by atoms with Crippen LogP contribution in [0, 0.1) is 5.82 Å². The van der Waals surface area contributed by atoms with Gasteiger partial charge >= 0.3 is 0 Å². The van der Waals surface area contributed by atoms with Gasteiger partial charge in [0.1, 0.15) is 17.3 Å². The predicted molar refractivity (Wildman–Crippen MR) is 98.7 cm³/mol. The summed E-state index contributed by atoms with van der Waals surface area (Å²) in [6, 6.07) is 15.5. The molecule has 0 aliphatic carbocycles. The van der Waals surface area contributed by atoms with E-state index >= 15 is 0 Å². The highest BCUT2D eigenvalue weighted by Crippen LogP contribution is 2.19. The van der Waals surface area contributed by atoms with Crippen molar-refractivity contribution in [1.29, 1.82) is 0 Å². The number of hydrogen-bond donors (Lipinski definition) is 1. The van der Waals surface area contributed by atoms with Crippen LogP contribution in [-0.4, -0.2) is 10.9 Å². The Bertz CT molecular complexity index is 1070. The molecule has 4 nitrogen and oxygen atoms in total. The zero-order valence-electron chi connectivity index (χ0n) is 13.7. The highest BCUT2D eigenvalue weighted by Gasteiger charge is 2.09. The summed E-state index contributed by atoms with van der Waals surface area (Å²) in [6.45, 7) is 0.294. The summed E-state index contributed by atoms with van der Waals surface area (Å²) in [4.78, 5) is 16.5. The van der Waals surface area contributed by atoms with Gasteiger partial charge in [-0.05, 0) is 48.0 Å². The topological polar surface area (TPSA) is 55.1 Å². The van der Waals surface area contributed by atoms with Gasteiger partial charge in [0.2, 0.25) is 0 Å². The van der Waals surface area contributed by atoms with Crippen LogP contribution >= 0.6 is 11.3 Å². The van der Waals surface area contributed by atoms with Crippen LogP contribution in [0.3, 0.4) is 0 Å². The third kappa shape index (κ3) is 3.65. The summed E-state index contributed by atoms with van der Waals surface area (Å²) < 4.78 is 19.9. The third-order valence-electron chi connectivity index (χ3n) is 4.00. The van der Waals surface area contributed by atoms with Crippen LogP contribution in [0.15, 0.2) is 64.5 Å². The number of benzene rings is 2. The van der Waals surface area contributed by atoms with Crippen molar-refractivity contribution in [2.75, 3.05) is 0 Å². The Labute approximate surface area is 153 Å². The van der Waals surface area contributed by atoms with Crippen molar-refractivity contribution in [2.24, 2.45) is 0 Å². The molecule has 1 N–H and O–H groups in total. The molecule has 4 rings (SSSR count). The fraction of sp³-hybridized carbons (Fsp3) is 0.100. The van der Waals surface area contributed by atoms with Crippen LogP contribution in [0.1, 0.15) is 27.4 Å². The molecule has 6 heteroatoms. The van der Waals surface area contributed by atoms with E-state index in [1.807, 2.05) is 30.3 Å². The second kappa shape index (κ2) is 7.09. The minimum absolute atomic E-state index is 0.164. The largest absolute Gasteiger partial charge is 0.464 e. The van der Waals surface area contributed by atoms with Crippen LogP contribution in [0.25, 0.3) is 10.2 Å². The molecule has 2 heterocycles. The Kier molecular flexibility index (Phi) is 4.50. The molecule has 0 spiro atoms. The van der Waals surface area contributed by atoms with E-state index in [0.29, 0.717) is 24.3 Å². The zero-order valence-corrected chi connectivity index (χ0v) is 14.6. The van der Waals surface area contributed by atoms with Crippen molar-refractivity contribution in [2.45, 2.75) is 13.0 Å². The van der Waals surface area contributed by atoms with Gasteiger partial charge in [0.25, 0.3) is 5.91 Å². The molecule has 2 aromatic carbocycles. The lowest BCUT2D eigenvalue weighted by atomic mass is 10.1. The van der Waals surface area contributed by atoms with Crippen molar-refractivity contribution < 1.29 is 13.6 Å². The van der Waals surface area contributed by atoms with Crippen molar-refractivity contribution >= 4 is 27.5 Å². The summed E-state index contributed by atoms with van der Waals surface area (Å²) in [6.07, 6.45) is 0.508. The average molecular weight is 366 g/mol. The van der Waals surface area contributed by atoms with E-state index in [0.717, 1.165) is 21.5 Å². The van der Waals surface area contributed by atoms with E-state index in [-0.39, 0.29) is 11.7 Å². The lowest BCUT2D eigenvalue weighted by Crippen LogP contribution is -2.22. The first-order valence-corrected chi connectivity index (χ1v) is 8.99. The minimum Gasteiger partial charge on any atom is -0.464 e. The molecule has 0 saturated carbocycles. The molecule has 1 amide bonds. The third-order valence-corrected chi connectivity index (χ3v) is 4.79. The van der Waals surface area contributed by atoms with Gasteiger partial charge < -0.3 is 9.73 Å². The minimum atomic E-state index is -0.264. The number of nitrogens with zero attached hydrogens (tertiary/aromatic N) is 1. The predicted octanol–water partition coefficient (Wildman–Crippen LogP) is 4.55. The molecule has 0 atom stereocenters. The molecule has 26 heavy (non-hydrogen) atoms. The Morgan fingerprint density at radius 3 is 2.88 bits per heavy atom. The molecule has 0 aliphatic heterocycles. The lowest BCUT2D eigenvalue weighted by molar-refractivity contribution is 0.0948. The number of halogens is 1. The Balaban J connectivity index is 1.38. The fourth-order valence-corrected chi connectivity index (χ4v) is 3.44. The number of nitrogens with one attached hydrogen (secondary N) is 1. The number of thiazole rings is 1. The Hall–Kier alpha value is -2.99. The highest BCUT2D eigenvalue weighted by atomic mass is 32.1. The van der Waals surface area contributed by atoms with Gasteiger partial charge in [-0.2, -0.15) is 0 Å². The maximum absolute atomic E-state index is 13.2. The van der Waals surface area contributed by atoms with Gasteiger partial charge in [-0.15, -0.1) is 11.3 Å². The van der Waals surface area contributed by atoms with E-state index in [1.54, 1.807) is 17.6 Å². The molecule has 0 aliphatic rings. The first kappa shape index (κ1) is 16.5. The second-order valence-corrected chi connectivity index (χ2v) is 6.78. The number of rotatable bonds is 5. The van der Waals surface area contributed by atoms with Crippen molar-refractivity contribution in [3.05, 3.63) is 88.6 Å². The molecule has 130 valence electrons. The van der Waals surface area contributed by atoms with Gasteiger partial charge in [0.05, 0.1) is 22.3 Å². The smallest absolute Gasteiger partial charge is 0.251 e. The number of carbonyl (C=O) groups excluding carboxylic acids is 1. The van der Waals surface area contributed by atoms with Crippen LogP contribution in [0.2, 0.25) is 0 Å². The standard InChI is InChI=1S/C20H15FN2O2S/c21-15-3-1-2-13(8-15)9-16-5-6-17(25-16)11-22-20(24)14-4-7-18-19(10-14)26-12-23-18/h1-8,10,12H,9,11H2,(H,22,24). The van der Waals surface area contributed by atoms with Gasteiger partial charge in [0.15, 0.2) is 0 Å². The molecular formula is C20H15FN2O2S. The second-order valence-electron chi connectivity index (χ2n) is 5.89. The van der Waals surface area contributed by atoms with Gasteiger partial charge in [-0.1, -0.05) is 12.1 Å². The number of amides is 1. The van der Waals surface area contributed by atoms with Gasteiger partial charge in [-0.25, -0.2) is 9.37 Å². The maximum atomic E-state index is 13.2. The fourth-order valence-electron chi connectivity index (χ4n) is 2.73. The number of furan rings is 1. The van der Waals surface area contributed by atoms with Gasteiger partial charge in [-0.3, -0.25) is 4.79 Å². The highest BCUT2D eigenvalue weighted by molar-refractivity contribution is 7.16. The summed E-state index contributed by atoms with van der Waals surface area (Å²) in [5.74, 6) is 0.956. The van der Waals surface area contributed by atoms with Crippen molar-refractivity contribution in [3.8, 4) is 0 Å². The molecule has 0 saturated heterocycles. The maximum Gasteiger partial charge on any atom is 0.251 e. The number of hydrogen-bond acceptors (Lipinski definition) is 4. The SMILES string of the molecule is O=C(NCc1ccc(Cc2cccc(F)c2)o1)c1ccc2ncsc2c1. The average Bonchev–Trinajstić information content (AvgIpc) is 3.28. The first-order valence-electron chi connectivity index (χ1n) is 8.11. The number of aromatic nitrogens is 1. The monoisotopic (exact) mass is 366 g/mol. The lowest BCUT2D eigenvalue weighted by Gasteiger charge is -2.04. The Morgan fingerprint density at radius 1 is 1.12 bits per heavy atom. The Morgan fingerprint density at radius 2 is 2.00 bits per heavy atom. The van der Waals surface area contributed by atoms with E-state index in [2.05, 4.69) is 10.3 Å². The molecule has 0 unspecified atom stereocenters. The summed E-state index contributed by atoms with van der Waals surface area (Å²) >= 11 is 1.50. The number of carbonyl (C=O) groups is 1. The van der Waals surface area contributed by atoms with E-state index in [9.17, 15) is 9.18 Å². The first-order chi connectivity index (χ1) is 12.7.